The van der Waals surface area contributed by atoms with Crippen molar-refractivity contribution in [1.82, 2.24) is 9.97 Å². The number of aromatic amines is 1. The van der Waals surface area contributed by atoms with Gasteiger partial charge in [0, 0.05) is 33.7 Å². The smallest absolute Gasteiger partial charge is 0.355 e. The predicted molar refractivity (Wildman–Crippen MR) is 99.3 cm³/mol. The SMILES string of the molecule is Cc1c(Nc2ccc3c(=O)[nH]c4ncccc4c3c2)cccc1C(F)(F)F. The quantitative estimate of drug-likeness (QED) is 0.481. The van der Waals surface area contributed by atoms with Crippen LogP contribution in [-0.4, -0.2) is 9.97 Å². The van der Waals surface area contributed by atoms with Crippen molar-refractivity contribution in [2.45, 2.75) is 13.1 Å². The third-order valence-corrected chi connectivity index (χ3v) is 4.51. The molecule has 0 atom stereocenters. The number of hydrogen-bond acceptors (Lipinski definition) is 3. The number of aromatic nitrogens is 2. The molecule has 7 heteroatoms. The standard InChI is InChI=1S/C20H14F3N3O/c1-11-16(20(21,22)23)5-2-6-17(11)25-12-7-8-14-15(10-12)13-4-3-9-24-18(13)26-19(14)27/h2-10,25H,1H3,(H,24,26,27). The van der Waals surface area contributed by atoms with Crippen LogP contribution in [0.15, 0.2) is 59.5 Å². The lowest BCUT2D eigenvalue weighted by molar-refractivity contribution is -0.138. The zero-order chi connectivity index (χ0) is 19.2. The average molecular weight is 369 g/mol. The van der Waals surface area contributed by atoms with Gasteiger partial charge in [-0.1, -0.05) is 6.07 Å². The van der Waals surface area contributed by atoms with Gasteiger partial charge in [0.25, 0.3) is 5.56 Å². The van der Waals surface area contributed by atoms with E-state index < -0.39 is 11.7 Å². The van der Waals surface area contributed by atoms with E-state index in [0.717, 1.165) is 11.5 Å². The van der Waals surface area contributed by atoms with Crippen molar-refractivity contribution in [3.8, 4) is 0 Å². The second kappa shape index (κ2) is 6.12. The van der Waals surface area contributed by atoms with E-state index in [1.807, 2.05) is 6.07 Å². The molecule has 0 aliphatic rings. The average Bonchev–Trinajstić information content (AvgIpc) is 2.62. The van der Waals surface area contributed by atoms with Crippen LogP contribution in [0.2, 0.25) is 0 Å². The van der Waals surface area contributed by atoms with Crippen molar-refractivity contribution in [2.24, 2.45) is 0 Å². The molecule has 2 N–H and O–H groups in total. The van der Waals surface area contributed by atoms with Gasteiger partial charge in [-0.25, -0.2) is 4.98 Å². The molecule has 0 bridgehead atoms. The van der Waals surface area contributed by atoms with E-state index in [9.17, 15) is 18.0 Å². The highest BCUT2D eigenvalue weighted by Crippen LogP contribution is 2.35. The molecule has 0 unspecified atom stereocenters. The fourth-order valence-electron chi connectivity index (χ4n) is 3.17. The third-order valence-electron chi connectivity index (χ3n) is 4.51. The van der Waals surface area contributed by atoms with E-state index in [-0.39, 0.29) is 11.1 Å². The van der Waals surface area contributed by atoms with Gasteiger partial charge in [0.1, 0.15) is 5.65 Å². The number of nitrogens with one attached hydrogen (secondary N) is 2. The van der Waals surface area contributed by atoms with Gasteiger partial charge >= 0.3 is 6.18 Å². The van der Waals surface area contributed by atoms with Gasteiger partial charge in [0.15, 0.2) is 0 Å². The normalized spacial score (nSPS) is 11.9. The summed E-state index contributed by atoms with van der Waals surface area (Å²) in [6.07, 6.45) is -2.83. The highest BCUT2D eigenvalue weighted by Gasteiger charge is 2.32. The fourth-order valence-corrected chi connectivity index (χ4v) is 3.17. The Labute approximate surface area is 151 Å². The minimum absolute atomic E-state index is 0.113. The van der Waals surface area contributed by atoms with E-state index in [4.69, 9.17) is 0 Å². The molecule has 27 heavy (non-hydrogen) atoms. The Kier molecular flexibility index (Phi) is 3.87. The van der Waals surface area contributed by atoms with E-state index in [1.165, 1.54) is 13.0 Å². The zero-order valence-corrected chi connectivity index (χ0v) is 14.2. The van der Waals surface area contributed by atoms with Crippen molar-refractivity contribution < 1.29 is 13.2 Å². The van der Waals surface area contributed by atoms with Crippen LogP contribution in [0, 0.1) is 6.92 Å². The first-order valence-electron chi connectivity index (χ1n) is 8.19. The molecular formula is C20H14F3N3O. The number of H-pyrrole nitrogens is 1. The largest absolute Gasteiger partial charge is 0.416 e. The Morgan fingerprint density at radius 3 is 2.59 bits per heavy atom. The number of anilines is 2. The van der Waals surface area contributed by atoms with Gasteiger partial charge in [-0.05, 0) is 55.0 Å². The molecule has 0 aliphatic carbocycles. The molecule has 0 fully saturated rings. The lowest BCUT2D eigenvalue weighted by Gasteiger charge is -2.15. The van der Waals surface area contributed by atoms with E-state index in [1.54, 1.807) is 36.5 Å². The van der Waals surface area contributed by atoms with Gasteiger partial charge < -0.3 is 10.3 Å². The summed E-state index contributed by atoms with van der Waals surface area (Å²) >= 11 is 0. The first-order chi connectivity index (χ1) is 12.8. The molecule has 0 radical (unpaired) electrons. The molecule has 0 spiro atoms. The molecule has 136 valence electrons. The second-order valence-corrected chi connectivity index (χ2v) is 6.21. The van der Waals surface area contributed by atoms with Crippen LogP contribution >= 0.6 is 0 Å². The minimum Gasteiger partial charge on any atom is -0.355 e. The summed E-state index contributed by atoms with van der Waals surface area (Å²) in [7, 11) is 0. The summed E-state index contributed by atoms with van der Waals surface area (Å²) in [6, 6.07) is 12.7. The van der Waals surface area contributed by atoms with Gasteiger partial charge in [0.05, 0.1) is 5.56 Å². The summed E-state index contributed by atoms with van der Waals surface area (Å²) < 4.78 is 39.4. The molecule has 4 aromatic rings. The molecule has 0 saturated carbocycles. The van der Waals surface area contributed by atoms with E-state index in [2.05, 4.69) is 15.3 Å². The maximum atomic E-state index is 13.1. The maximum absolute atomic E-state index is 13.1. The van der Waals surface area contributed by atoms with Crippen LogP contribution < -0.4 is 10.9 Å². The van der Waals surface area contributed by atoms with Crippen LogP contribution in [-0.2, 0) is 6.18 Å². The number of benzene rings is 2. The fraction of sp³-hybridized carbons (Fsp3) is 0.100. The van der Waals surface area contributed by atoms with Crippen LogP contribution in [0.4, 0.5) is 24.5 Å². The van der Waals surface area contributed by atoms with Gasteiger partial charge in [0.2, 0.25) is 0 Å². The van der Waals surface area contributed by atoms with Gasteiger partial charge in [-0.2, -0.15) is 13.2 Å². The Balaban J connectivity index is 1.85. The van der Waals surface area contributed by atoms with Gasteiger partial charge in [-0.15, -0.1) is 0 Å². The van der Waals surface area contributed by atoms with Crippen molar-refractivity contribution >= 4 is 33.2 Å². The van der Waals surface area contributed by atoms with Gasteiger partial charge in [-0.3, -0.25) is 4.79 Å². The number of halogens is 3. The number of hydrogen-bond donors (Lipinski definition) is 2. The monoisotopic (exact) mass is 369 g/mol. The van der Waals surface area contributed by atoms with Crippen LogP contribution in [0.3, 0.4) is 0 Å². The van der Waals surface area contributed by atoms with Crippen molar-refractivity contribution in [3.05, 3.63) is 76.2 Å². The van der Waals surface area contributed by atoms with Crippen molar-refractivity contribution in [2.75, 3.05) is 5.32 Å². The maximum Gasteiger partial charge on any atom is 0.416 e. The predicted octanol–water partition coefficient (Wildman–Crippen LogP) is 5.15. The van der Waals surface area contributed by atoms with Crippen LogP contribution in [0.1, 0.15) is 11.1 Å². The molecule has 0 aliphatic heterocycles. The summed E-state index contributed by atoms with van der Waals surface area (Å²) in [5.41, 5.74) is 0.569. The third kappa shape index (κ3) is 3.01. The number of rotatable bonds is 2. The first-order valence-corrected chi connectivity index (χ1v) is 8.19. The van der Waals surface area contributed by atoms with Crippen LogP contribution in [0.25, 0.3) is 21.8 Å². The summed E-state index contributed by atoms with van der Waals surface area (Å²) in [4.78, 5) is 19.1. The summed E-state index contributed by atoms with van der Waals surface area (Å²) in [5.74, 6) is 0. The van der Waals surface area contributed by atoms with Crippen molar-refractivity contribution in [1.29, 1.82) is 0 Å². The van der Waals surface area contributed by atoms with Crippen molar-refractivity contribution in [3.63, 3.8) is 0 Å². The van der Waals surface area contributed by atoms with E-state index >= 15 is 0 Å². The van der Waals surface area contributed by atoms with Crippen LogP contribution in [0.5, 0.6) is 0 Å². The molecule has 2 aromatic heterocycles. The topological polar surface area (TPSA) is 57.8 Å². The molecule has 2 heterocycles. The zero-order valence-electron chi connectivity index (χ0n) is 14.2. The Morgan fingerprint density at radius 1 is 1.00 bits per heavy atom. The Bertz CT molecular complexity index is 1230. The summed E-state index contributed by atoms with van der Waals surface area (Å²) in [5, 5.41) is 4.95. The second-order valence-electron chi connectivity index (χ2n) is 6.21. The first kappa shape index (κ1) is 17.1. The molecule has 2 aromatic carbocycles. The Hall–Kier alpha value is -3.35. The Morgan fingerprint density at radius 2 is 1.81 bits per heavy atom. The molecular weight excluding hydrogens is 355 g/mol. The highest BCUT2D eigenvalue weighted by atomic mass is 19.4. The molecule has 4 rings (SSSR count). The number of pyridine rings is 2. The lowest BCUT2D eigenvalue weighted by Crippen LogP contribution is -2.09. The number of nitrogens with zero attached hydrogens (tertiary/aromatic N) is 1. The lowest BCUT2D eigenvalue weighted by atomic mass is 10.0. The number of fused-ring (bicyclic) bond motifs is 3. The molecule has 4 nitrogen and oxygen atoms in total. The number of alkyl halides is 3. The van der Waals surface area contributed by atoms with E-state index in [0.29, 0.717) is 27.8 Å². The minimum atomic E-state index is -4.42. The summed E-state index contributed by atoms with van der Waals surface area (Å²) in [6.45, 7) is 1.43. The molecule has 0 saturated heterocycles. The highest BCUT2D eigenvalue weighted by molar-refractivity contribution is 6.05. The molecule has 0 amide bonds.